The van der Waals surface area contributed by atoms with Gasteiger partial charge in [-0.3, -0.25) is 0 Å². The third-order valence-corrected chi connectivity index (χ3v) is 4.54. The molecule has 1 heterocycles. The minimum absolute atomic E-state index is 0.260. The molecule has 3 heteroatoms. The van der Waals surface area contributed by atoms with Crippen LogP contribution in [0.15, 0.2) is 30.3 Å². The molecular formula is C15H18N2S. The normalized spacial score (nSPS) is 16.8. The van der Waals surface area contributed by atoms with Gasteiger partial charge in [-0.1, -0.05) is 30.3 Å². The van der Waals surface area contributed by atoms with Crippen LogP contribution < -0.4 is 5.32 Å². The SMILES string of the molecule is Cc1nc(C(NC2CC2)c2ccccc2)sc1C. The van der Waals surface area contributed by atoms with Gasteiger partial charge in [0.2, 0.25) is 0 Å². The predicted molar refractivity (Wildman–Crippen MR) is 76.0 cm³/mol. The van der Waals surface area contributed by atoms with Crippen molar-refractivity contribution in [1.29, 1.82) is 0 Å². The van der Waals surface area contributed by atoms with E-state index in [0.29, 0.717) is 6.04 Å². The van der Waals surface area contributed by atoms with Gasteiger partial charge in [-0.25, -0.2) is 4.98 Å². The van der Waals surface area contributed by atoms with Gasteiger partial charge in [-0.2, -0.15) is 0 Å². The van der Waals surface area contributed by atoms with E-state index in [-0.39, 0.29) is 6.04 Å². The summed E-state index contributed by atoms with van der Waals surface area (Å²) in [7, 11) is 0. The highest BCUT2D eigenvalue weighted by molar-refractivity contribution is 7.11. The average Bonchev–Trinajstić information content (AvgIpc) is 3.14. The summed E-state index contributed by atoms with van der Waals surface area (Å²) < 4.78 is 0. The van der Waals surface area contributed by atoms with Crippen LogP contribution in [-0.4, -0.2) is 11.0 Å². The number of aromatic nitrogens is 1. The van der Waals surface area contributed by atoms with Gasteiger partial charge < -0.3 is 5.32 Å². The molecule has 1 N–H and O–H groups in total. The number of nitrogens with zero attached hydrogens (tertiary/aromatic N) is 1. The average molecular weight is 258 g/mol. The van der Waals surface area contributed by atoms with Crippen molar-refractivity contribution >= 4 is 11.3 Å². The Morgan fingerprint density at radius 2 is 1.94 bits per heavy atom. The summed E-state index contributed by atoms with van der Waals surface area (Å²) in [5.74, 6) is 0. The maximum absolute atomic E-state index is 4.72. The third-order valence-electron chi connectivity index (χ3n) is 3.40. The molecule has 1 aromatic carbocycles. The van der Waals surface area contributed by atoms with Crippen LogP contribution >= 0.6 is 11.3 Å². The smallest absolute Gasteiger partial charge is 0.115 e. The minimum Gasteiger partial charge on any atom is -0.301 e. The van der Waals surface area contributed by atoms with Gasteiger partial charge in [0, 0.05) is 10.9 Å². The van der Waals surface area contributed by atoms with Crippen LogP contribution in [0.2, 0.25) is 0 Å². The van der Waals surface area contributed by atoms with Crippen molar-refractivity contribution in [1.82, 2.24) is 10.3 Å². The van der Waals surface area contributed by atoms with Gasteiger partial charge in [0.15, 0.2) is 0 Å². The molecular weight excluding hydrogens is 240 g/mol. The van der Waals surface area contributed by atoms with Crippen LogP contribution in [0.1, 0.15) is 40.0 Å². The lowest BCUT2D eigenvalue weighted by atomic mass is 10.1. The van der Waals surface area contributed by atoms with Crippen molar-refractivity contribution in [2.24, 2.45) is 0 Å². The second-order valence-electron chi connectivity index (χ2n) is 4.98. The van der Waals surface area contributed by atoms with Gasteiger partial charge in [-0.05, 0) is 32.3 Å². The lowest BCUT2D eigenvalue weighted by Crippen LogP contribution is -2.24. The molecule has 0 aliphatic heterocycles. The molecule has 3 rings (SSSR count). The number of rotatable bonds is 4. The Balaban J connectivity index is 1.94. The summed E-state index contributed by atoms with van der Waals surface area (Å²) in [5.41, 5.74) is 2.48. The zero-order valence-corrected chi connectivity index (χ0v) is 11.6. The Hall–Kier alpha value is -1.19. The third kappa shape index (κ3) is 2.47. The Labute approximate surface area is 112 Å². The number of hydrogen-bond acceptors (Lipinski definition) is 3. The Bertz CT molecular complexity index is 509. The van der Waals surface area contributed by atoms with Crippen molar-refractivity contribution in [3.63, 3.8) is 0 Å². The molecule has 1 saturated carbocycles. The maximum Gasteiger partial charge on any atom is 0.115 e. The minimum atomic E-state index is 0.260. The van der Waals surface area contributed by atoms with E-state index in [0.717, 1.165) is 5.69 Å². The van der Waals surface area contributed by atoms with Gasteiger partial charge >= 0.3 is 0 Å². The molecule has 0 amide bonds. The first-order valence-corrected chi connectivity index (χ1v) is 7.30. The standard InChI is InChI=1S/C15H18N2S/c1-10-11(2)18-15(16-10)14(17-13-8-9-13)12-6-4-3-5-7-12/h3-7,13-14,17H,8-9H2,1-2H3. The summed E-state index contributed by atoms with van der Waals surface area (Å²) in [6.07, 6.45) is 2.60. The van der Waals surface area contributed by atoms with Crippen LogP contribution in [0.25, 0.3) is 0 Å². The second-order valence-corrected chi connectivity index (χ2v) is 6.21. The van der Waals surface area contributed by atoms with E-state index in [9.17, 15) is 0 Å². The predicted octanol–water partition coefficient (Wildman–Crippen LogP) is 3.60. The first-order chi connectivity index (χ1) is 8.74. The van der Waals surface area contributed by atoms with Crippen LogP contribution in [0.5, 0.6) is 0 Å². The summed E-state index contributed by atoms with van der Waals surface area (Å²) in [6.45, 7) is 4.24. The molecule has 1 aliphatic carbocycles. The van der Waals surface area contributed by atoms with Crippen molar-refractivity contribution < 1.29 is 0 Å². The Morgan fingerprint density at radius 3 is 2.50 bits per heavy atom. The number of aryl methyl sites for hydroxylation is 2. The highest BCUT2D eigenvalue weighted by Crippen LogP contribution is 2.31. The first kappa shape index (κ1) is 11.9. The molecule has 0 bridgehead atoms. The molecule has 0 saturated heterocycles. The highest BCUT2D eigenvalue weighted by atomic mass is 32.1. The van der Waals surface area contributed by atoms with Crippen molar-refractivity contribution in [2.75, 3.05) is 0 Å². The maximum atomic E-state index is 4.72. The number of thiazole rings is 1. The molecule has 1 aromatic heterocycles. The van der Waals surface area contributed by atoms with Crippen molar-refractivity contribution in [2.45, 2.75) is 38.8 Å². The topological polar surface area (TPSA) is 24.9 Å². The van der Waals surface area contributed by atoms with Gasteiger partial charge in [-0.15, -0.1) is 11.3 Å². The van der Waals surface area contributed by atoms with Crippen molar-refractivity contribution in [3.8, 4) is 0 Å². The molecule has 0 radical (unpaired) electrons. The highest BCUT2D eigenvalue weighted by Gasteiger charge is 2.28. The molecule has 2 aromatic rings. The van der Waals surface area contributed by atoms with E-state index >= 15 is 0 Å². The number of benzene rings is 1. The fourth-order valence-electron chi connectivity index (χ4n) is 2.06. The Kier molecular flexibility index (Phi) is 3.18. The fraction of sp³-hybridized carbons (Fsp3) is 0.400. The van der Waals surface area contributed by atoms with E-state index in [4.69, 9.17) is 4.98 Å². The summed E-state index contributed by atoms with van der Waals surface area (Å²) in [6, 6.07) is 11.6. The van der Waals surface area contributed by atoms with E-state index in [1.54, 1.807) is 0 Å². The van der Waals surface area contributed by atoms with Gasteiger partial charge in [0.1, 0.15) is 5.01 Å². The van der Waals surface area contributed by atoms with E-state index in [1.807, 2.05) is 11.3 Å². The van der Waals surface area contributed by atoms with Crippen LogP contribution in [-0.2, 0) is 0 Å². The molecule has 94 valence electrons. The molecule has 0 spiro atoms. The second kappa shape index (κ2) is 4.82. The largest absolute Gasteiger partial charge is 0.301 e. The van der Waals surface area contributed by atoms with Crippen LogP contribution in [0.3, 0.4) is 0 Å². The molecule has 1 unspecified atom stereocenters. The van der Waals surface area contributed by atoms with E-state index in [2.05, 4.69) is 49.5 Å². The van der Waals surface area contributed by atoms with E-state index in [1.165, 1.54) is 28.3 Å². The zero-order valence-electron chi connectivity index (χ0n) is 10.8. The van der Waals surface area contributed by atoms with Crippen LogP contribution in [0, 0.1) is 13.8 Å². The van der Waals surface area contributed by atoms with E-state index < -0.39 is 0 Å². The summed E-state index contributed by atoms with van der Waals surface area (Å²) in [5, 5.41) is 4.91. The molecule has 2 nitrogen and oxygen atoms in total. The lowest BCUT2D eigenvalue weighted by Gasteiger charge is -2.16. The fourth-order valence-corrected chi connectivity index (χ4v) is 3.07. The quantitative estimate of drug-likeness (QED) is 0.906. The number of nitrogens with one attached hydrogen (secondary N) is 1. The monoisotopic (exact) mass is 258 g/mol. The molecule has 1 aliphatic rings. The molecule has 1 fully saturated rings. The van der Waals surface area contributed by atoms with Gasteiger partial charge in [0.25, 0.3) is 0 Å². The Morgan fingerprint density at radius 1 is 1.22 bits per heavy atom. The van der Waals surface area contributed by atoms with Crippen molar-refractivity contribution in [3.05, 3.63) is 51.5 Å². The zero-order chi connectivity index (χ0) is 12.5. The number of hydrogen-bond donors (Lipinski definition) is 1. The van der Waals surface area contributed by atoms with Crippen LogP contribution in [0.4, 0.5) is 0 Å². The lowest BCUT2D eigenvalue weighted by molar-refractivity contribution is 0.597. The van der Waals surface area contributed by atoms with Gasteiger partial charge in [0.05, 0.1) is 11.7 Å². The molecule has 18 heavy (non-hydrogen) atoms. The molecule has 1 atom stereocenters. The summed E-state index contributed by atoms with van der Waals surface area (Å²) in [4.78, 5) is 6.05. The first-order valence-electron chi connectivity index (χ1n) is 6.49. The summed E-state index contributed by atoms with van der Waals surface area (Å²) >= 11 is 1.81.